The van der Waals surface area contributed by atoms with E-state index in [-0.39, 0.29) is 18.5 Å². The maximum atomic E-state index is 13.9. The molecule has 0 bridgehead atoms. The van der Waals surface area contributed by atoms with Gasteiger partial charge in [-0.3, -0.25) is 4.90 Å². The number of anilines is 2. The summed E-state index contributed by atoms with van der Waals surface area (Å²) in [5.74, 6) is 0.533. The minimum absolute atomic E-state index is 0.214. The summed E-state index contributed by atoms with van der Waals surface area (Å²) in [7, 11) is 0. The van der Waals surface area contributed by atoms with Crippen LogP contribution in [0.15, 0.2) is 6.20 Å². The molecule has 2 aliphatic heterocycles. The number of nitrogens with zero attached hydrogens (tertiary/aromatic N) is 4. The van der Waals surface area contributed by atoms with E-state index in [2.05, 4.69) is 20.2 Å². The second-order valence-corrected chi connectivity index (χ2v) is 6.35. The van der Waals surface area contributed by atoms with E-state index in [0.29, 0.717) is 18.3 Å². The molecule has 128 valence electrons. The summed E-state index contributed by atoms with van der Waals surface area (Å²) in [4.78, 5) is 12.7. The van der Waals surface area contributed by atoms with Crippen molar-refractivity contribution in [1.29, 1.82) is 0 Å². The van der Waals surface area contributed by atoms with E-state index in [1.165, 1.54) is 19.0 Å². The molecule has 2 saturated heterocycles. The highest BCUT2D eigenvalue weighted by molar-refractivity contribution is 5.44. The van der Waals surface area contributed by atoms with Gasteiger partial charge in [-0.2, -0.15) is 4.98 Å². The summed E-state index contributed by atoms with van der Waals surface area (Å²) in [6.45, 7) is 4.49. The lowest BCUT2D eigenvalue weighted by molar-refractivity contribution is 0.0940. The van der Waals surface area contributed by atoms with Crippen LogP contribution in [-0.2, 0) is 0 Å². The first-order valence-electron chi connectivity index (χ1n) is 8.64. The van der Waals surface area contributed by atoms with E-state index in [1.54, 1.807) is 0 Å². The summed E-state index contributed by atoms with van der Waals surface area (Å²) in [6.07, 6.45) is 6.86. The predicted molar refractivity (Wildman–Crippen MR) is 88.2 cm³/mol. The molecule has 23 heavy (non-hydrogen) atoms. The molecule has 2 aliphatic rings. The Morgan fingerprint density at radius 1 is 1.22 bits per heavy atom. The fourth-order valence-electron chi connectivity index (χ4n) is 3.47. The lowest BCUT2D eigenvalue weighted by Crippen LogP contribution is -2.44. The Labute approximate surface area is 136 Å². The Bertz CT molecular complexity index is 509. The van der Waals surface area contributed by atoms with Gasteiger partial charge in [0, 0.05) is 32.2 Å². The molecule has 1 atom stereocenters. The number of aromatic nitrogens is 2. The first kappa shape index (κ1) is 16.4. The second kappa shape index (κ2) is 7.88. The molecule has 0 amide bonds. The molecule has 2 fully saturated rings. The monoisotopic (exact) mass is 323 g/mol. The number of likely N-dealkylation sites (tertiary alicyclic amines) is 1. The first-order valence-corrected chi connectivity index (χ1v) is 8.64. The van der Waals surface area contributed by atoms with E-state index in [4.69, 9.17) is 0 Å². The first-order chi connectivity index (χ1) is 11.3. The van der Waals surface area contributed by atoms with Gasteiger partial charge in [-0.15, -0.1) is 0 Å². The average Bonchev–Trinajstić information content (AvgIpc) is 3.11. The number of hydrogen-bond donors (Lipinski definition) is 2. The fourth-order valence-corrected chi connectivity index (χ4v) is 3.47. The maximum absolute atomic E-state index is 13.9. The molecule has 0 aromatic carbocycles. The third-order valence-corrected chi connectivity index (χ3v) is 4.77. The molecule has 0 aliphatic carbocycles. The normalized spacial score (nSPS) is 22.5. The molecule has 1 aromatic heterocycles. The molecule has 3 heterocycles. The summed E-state index contributed by atoms with van der Waals surface area (Å²) >= 11 is 0. The Hall–Kier alpha value is -1.47. The van der Waals surface area contributed by atoms with Crippen LogP contribution >= 0.6 is 0 Å². The van der Waals surface area contributed by atoms with Crippen LogP contribution in [0, 0.1) is 5.82 Å². The Balaban J connectivity index is 1.54. The van der Waals surface area contributed by atoms with Crippen molar-refractivity contribution in [1.82, 2.24) is 14.9 Å². The minimum Gasteiger partial charge on any atom is -0.395 e. The molecule has 1 aromatic rings. The van der Waals surface area contributed by atoms with Crippen molar-refractivity contribution in [3.8, 4) is 0 Å². The molecule has 0 radical (unpaired) electrons. The molecule has 0 spiro atoms. The Kier molecular flexibility index (Phi) is 5.61. The van der Waals surface area contributed by atoms with Crippen molar-refractivity contribution in [3.05, 3.63) is 12.0 Å². The van der Waals surface area contributed by atoms with Crippen LogP contribution in [0.3, 0.4) is 0 Å². The quantitative estimate of drug-likeness (QED) is 0.827. The third-order valence-electron chi connectivity index (χ3n) is 4.77. The molecule has 3 rings (SSSR count). The number of piperidine rings is 1. The standard InChI is InChI=1S/C16H26FN5O/c17-14-11-19-16(20-15(14)22-8-3-4-9-22)18-6-10-21-7-2-1-5-13(21)12-23/h11,13,23H,1-10,12H2,(H,18,19,20). The van der Waals surface area contributed by atoms with E-state index in [9.17, 15) is 9.50 Å². The van der Waals surface area contributed by atoms with Gasteiger partial charge < -0.3 is 15.3 Å². The average molecular weight is 323 g/mol. The van der Waals surface area contributed by atoms with Crippen LogP contribution in [0.1, 0.15) is 32.1 Å². The van der Waals surface area contributed by atoms with Crippen molar-refractivity contribution in [2.45, 2.75) is 38.1 Å². The van der Waals surface area contributed by atoms with E-state index in [1.807, 2.05) is 4.90 Å². The smallest absolute Gasteiger partial charge is 0.224 e. The molecule has 0 saturated carbocycles. The van der Waals surface area contributed by atoms with Crippen LogP contribution < -0.4 is 10.2 Å². The van der Waals surface area contributed by atoms with Crippen molar-refractivity contribution in [2.75, 3.05) is 49.5 Å². The van der Waals surface area contributed by atoms with E-state index < -0.39 is 0 Å². The van der Waals surface area contributed by atoms with Gasteiger partial charge in [0.1, 0.15) is 0 Å². The number of hydrogen-bond acceptors (Lipinski definition) is 6. The van der Waals surface area contributed by atoms with Crippen LogP contribution in [-0.4, -0.2) is 65.3 Å². The topological polar surface area (TPSA) is 64.5 Å². The zero-order valence-corrected chi connectivity index (χ0v) is 13.5. The van der Waals surface area contributed by atoms with Crippen molar-refractivity contribution in [2.24, 2.45) is 0 Å². The van der Waals surface area contributed by atoms with Crippen LogP contribution in [0.2, 0.25) is 0 Å². The number of rotatable bonds is 6. The molecular formula is C16H26FN5O. The van der Waals surface area contributed by atoms with Gasteiger partial charge in [-0.05, 0) is 32.2 Å². The van der Waals surface area contributed by atoms with Gasteiger partial charge in [0.25, 0.3) is 0 Å². The Morgan fingerprint density at radius 3 is 2.78 bits per heavy atom. The van der Waals surface area contributed by atoms with E-state index >= 15 is 0 Å². The van der Waals surface area contributed by atoms with Crippen molar-refractivity contribution in [3.63, 3.8) is 0 Å². The summed E-state index contributed by atoms with van der Waals surface area (Å²) in [5, 5.41) is 12.6. The highest BCUT2D eigenvalue weighted by Crippen LogP contribution is 2.22. The zero-order valence-electron chi connectivity index (χ0n) is 13.5. The zero-order chi connectivity index (χ0) is 16.1. The van der Waals surface area contributed by atoms with Gasteiger partial charge in [-0.1, -0.05) is 6.42 Å². The summed E-state index contributed by atoms with van der Waals surface area (Å²) in [5.41, 5.74) is 0. The second-order valence-electron chi connectivity index (χ2n) is 6.35. The van der Waals surface area contributed by atoms with Gasteiger partial charge in [0.05, 0.1) is 12.8 Å². The van der Waals surface area contributed by atoms with E-state index in [0.717, 1.165) is 45.4 Å². The third kappa shape index (κ3) is 4.09. The lowest BCUT2D eigenvalue weighted by atomic mass is 10.0. The molecule has 7 heteroatoms. The molecule has 2 N–H and O–H groups in total. The van der Waals surface area contributed by atoms with Crippen LogP contribution in [0.4, 0.5) is 16.2 Å². The summed E-state index contributed by atoms with van der Waals surface area (Å²) in [6, 6.07) is 0.264. The highest BCUT2D eigenvalue weighted by atomic mass is 19.1. The number of halogens is 1. The lowest BCUT2D eigenvalue weighted by Gasteiger charge is -2.34. The molecule has 1 unspecified atom stereocenters. The van der Waals surface area contributed by atoms with Gasteiger partial charge in [0.2, 0.25) is 5.95 Å². The highest BCUT2D eigenvalue weighted by Gasteiger charge is 2.21. The number of aliphatic hydroxyl groups excluding tert-OH is 1. The molecule has 6 nitrogen and oxygen atoms in total. The number of aliphatic hydroxyl groups is 1. The van der Waals surface area contributed by atoms with Crippen molar-refractivity contribution < 1.29 is 9.50 Å². The largest absolute Gasteiger partial charge is 0.395 e. The predicted octanol–water partition coefficient (Wildman–Crippen LogP) is 1.47. The van der Waals surface area contributed by atoms with Gasteiger partial charge in [-0.25, -0.2) is 9.37 Å². The Morgan fingerprint density at radius 2 is 2.00 bits per heavy atom. The number of nitrogens with one attached hydrogen (secondary N) is 1. The fraction of sp³-hybridized carbons (Fsp3) is 0.750. The maximum Gasteiger partial charge on any atom is 0.224 e. The minimum atomic E-state index is -0.353. The van der Waals surface area contributed by atoms with Crippen LogP contribution in [0.5, 0.6) is 0 Å². The SMILES string of the molecule is OCC1CCCCN1CCNc1ncc(F)c(N2CCCC2)n1. The van der Waals surface area contributed by atoms with Gasteiger partial charge >= 0.3 is 0 Å². The van der Waals surface area contributed by atoms with Gasteiger partial charge in [0.15, 0.2) is 11.6 Å². The van der Waals surface area contributed by atoms with Crippen molar-refractivity contribution >= 4 is 11.8 Å². The summed E-state index contributed by atoms with van der Waals surface area (Å²) < 4.78 is 13.9. The van der Waals surface area contributed by atoms with Crippen LogP contribution in [0.25, 0.3) is 0 Å². The molecular weight excluding hydrogens is 297 g/mol.